The Labute approximate surface area is 122 Å². The molecule has 7 heteroatoms. The van der Waals surface area contributed by atoms with Gasteiger partial charge in [0, 0.05) is 5.69 Å². The van der Waals surface area contributed by atoms with Gasteiger partial charge in [0.25, 0.3) is 5.91 Å². The highest BCUT2D eigenvalue weighted by molar-refractivity contribution is 7.86. The van der Waals surface area contributed by atoms with Gasteiger partial charge in [-0.15, -0.1) is 3.89 Å². The van der Waals surface area contributed by atoms with Crippen LogP contribution in [0.4, 0.5) is 9.57 Å². The zero-order valence-corrected chi connectivity index (χ0v) is 12.2. The number of pyridine rings is 1. The SMILES string of the molecule is Cc1ccc(C(=O)Nc2ccccc2S(=O)(=O)F)c(C)n1. The lowest BCUT2D eigenvalue weighted by molar-refractivity contribution is 0.102. The van der Waals surface area contributed by atoms with Crippen molar-refractivity contribution in [1.29, 1.82) is 0 Å². The van der Waals surface area contributed by atoms with Gasteiger partial charge in [0.2, 0.25) is 0 Å². The van der Waals surface area contributed by atoms with Gasteiger partial charge in [-0.05, 0) is 38.1 Å². The number of benzene rings is 1. The van der Waals surface area contributed by atoms with Gasteiger partial charge in [-0.1, -0.05) is 12.1 Å². The van der Waals surface area contributed by atoms with Crippen molar-refractivity contribution in [2.45, 2.75) is 18.7 Å². The lowest BCUT2D eigenvalue weighted by atomic mass is 10.1. The third kappa shape index (κ3) is 3.43. The number of carbonyl (C=O) groups is 1. The Hall–Kier alpha value is -2.28. The maximum Gasteiger partial charge on any atom is 0.334 e. The van der Waals surface area contributed by atoms with Crippen molar-refractivity contribution in [2.24, 2.45) is 0 Å². The second kappa shape index (κ2) is 5.61. The largest absolute Gasteiger partial charge is 0.334 e. The number of rotatable bonds is 3. The highest BCUT2D eigenvalue weighted by atomic mass is 32.3. The first kappa shape index (κ1) is 15.1. The van der Waals surface area contributed by atoms with Crippen LogP contribution < -0.4 is 5.32 Å². The Balaban J connectivity index is 2.37. The standard InChI is InChI=1S/C14H13FN2O3S/c1-9-7-8-11(10(2)16-9)14(18)17-12-5-3-4-6-13(12)21(15,19)20/h3-8H,1-2H3,(H,17,18). The van der Waals surface area contributed by atoms with Crippen LogP contribution in [-0.4, -0.2) is 19.3 Å². The summed E-state index contributed by atoms with van der Waals surface area (Å²) in [5.74, 6) is -0.545. The number of hydrogen-bond acceptors (Lipinski definition) is 4. The molecule has 0 fully saturated rings. The average molecular weight is 308 g/mol. The topological polar surface area (TPSA) is 76.1 Å². The zero-order chi connectivity index (χ0) is 15.6. The monoisotopic (exact) mass is 308 g/mol. The fourth-order valence-electron chi connectivity index (χ4n) is 1.90. The summed E-state index contributed by atoms with van der Waals surface area (Å²) < 4.78 is 35.3. The molecule has 0 bridgehead atoms. The fourth-order valence-corrected chi connectivity index (χ4v) is 2.52. The van der Waals surface area contributed by atoms with E-state index in [9.17, 15) is 17.1 Å². The Morgan fingerprint density at radius 3 is 2.43 bits per heavy atom. The molecule has 1 aromatic heterocycles. The van der Waals surface area contributed by atoms with Crippen LogP contribution in [-0.2, 0) is 10.2 Å². The molecule has 0 unspecified atom stereocenters. The number of nitrogens with zero attached hydrogens (tertiary/aromatic N) is 1. The summed E-state index contributed by atoms with van der Waals surface area (Å²) in [5, 5.41) is 2.40. The van der Waals surface area contributed by atoms with Crippen LogP contribution in [0.3, 0.4) is 0 Å². The Bertz CT molecular complexity index is 804. The van der Waals surface area contributed by atoms with E-state index in [1.807, 2.05) is 0 Å². The Morgan fingerprint density at radius 1 is 1.14 bits per heavy atom. The molecular formula is C14H13FN2O3S. The molecule has 0 spiro atoms. The molecule has 21 heavy (non-hydrogen) atoms. The van der Waals surface area contributed by atoms with Gasteiger partial charge in [0.05, 0.1) is 16.9 Å². The van der Waals surface area contributed by atoms with E-state index in [0.717, 1.165) is 11.8 Å². The van der Waals surface area contributed by atoms with Crippen LogP contribution in [0.1, 0.15) is 21.7 Å². The molecule has 0 saturated carbocycles. The lowest BCUT2D eigenvalue weighted by Gasteiger charge is -2.10. The van der Waals surface area contributed by atoms with Crippen LogP contribution >= 0.6 is 0 Å². The molecule has 2 aromatic rings. The van der Waals surface area contributed by atoms with Crippen molar-refractivity contribution < 1.29 is 17.1 Å². The van der Waals surface area contributed by atoms with Gasteiger partial charge in [0.1, 0.15) is 4.90 Å². The number of hydrogen-bond donors (Lipinski definition) is 1. The van der Waals surface area contributed by atoms with Crippen molar-refractivity contribution in [3.05, 3.63) is 53.3 Å². The summed E-state index contributed by atoms with van der Waals surface area (Å²) in [6.45, 7) is 3.46. The van der Waals surface area contributed by atoms with Gasteiger partial charge in [-0.2, -0.15) is 8.42 Å². The van der Waals surface area contributed by atoms with E-state index in [-0.39, 0.29) is 5.69 Å². The number of para-hydroxylation sites is 1. The molecular weight excluding hydrogens is 295 g/mol. The highest BCUT2D eigenvalue weighted by Gasteiger charge is 2.19. The van der Waals surface area contributed by atoms with Crippen molar-refractivity contribution in [3.63, 3.8) is 0 Å². The molecule has 2 rings (SSSR count). The van der Waals surface area contributed by atoms with Gasteiger partial charge in [0.15, 0.2) is 0 Å². The van der Waals surface area contributed by atoms with E-state index in [0.29, 0.717) is 11.3 Å². The van der Waals surface area contributed by atoms with Gasteiger partial charge in [-0.3, -0.25) is 9.78 Å². The first-order chi connectivity index (χ1) is 9.79. The molecule has 1 N–H and O–H groups in total. The molecule has 1 aromatic carbocycles. The maximum absolute atomic E-state index is 13.2. The van der Waals surface area contributed by atoms with Crippen LogP contribution in [0.5, 0.6) is 0 Å². The van der Waals surface area contributed by atoms with Crippen molar-refractivity contribution in [1.82, 2.24) is 4.98 Å². The molecule has 0 aliphatic rings. The smallest absolute Gasteiger partial charge is 0.321 e. The van der Waals surface area contributed by atoms with E-state index < -0.39 is 21.0 Å². The van der Waals surface area contributed by atoms with E-state index in [1.54, 1.807) is 26.0 Å². The molecule has 0 radical (unpaired) electrons. The molecule has 0 atom stereocenters. The predicted octanol–water partition coefficient (Wildman–Crippen LogP) is 2.61. The summed E-state index contributed by atoms with van der Waals surface area (Å²) >= 11 is 0. The number of amides is 1. The number of carbonyl (C=O) groups excluding carboxylic acids is 1. The van der Waals surface area contributed by atoms with E-state index in [2.05, 4.69) is 10.3 Å². The van der Waals surface area contributed by atoms with Crippen LogP contribution in [0.15, 0.2) is 41.3 Å². The van der Waals surface area contributed by atoms with Crippen molar-refractivity contribution in [3.8, 4) is 0 Å². The average Bonchev–Trinajstić information content (AvgIpc) is 2.37. The third-order valence-corrected chi connectivity index (χ3v) is 3.75. The summed E-state index contributed by atoms with van der Waals surface area (Å²) in [6, 6.07) is 8.54. The van der Waals surface area contributed by atoms with Crippen LogP contribution in [0, 0.1) is 13.8 Å². The minimum atomic E-state index is -4.91. The fraction of sp³-hybridized carbons (Fsp3) is 0.143. The summed E-state index contributed by atoms with van der Waals surface area (Å²) in [7, 11) is -4.91. The van der Waals surface area contributed by atoms with Crippen LogP contribution in [0.2, 0.25) is 0 Å². The quantitative estimate of drug-likeness (QED) is 0.884. The molecule has 1 amide bonds. The summed E-state index contributed by atoms with van der Waals surface area (Å²) in [5.41, 5.74) is 1.46. The Morgan fingerprint density at radius 2 is 1.81 bits per heavy atom. The van der Waals surface area contributed by atoms with Crippen molar-refractivity contribution >= 4 is 21.8 Å². The minimum Gasteiger partial charge on any atom is -0.321 e. The number of nitrogens with one attached hydrogen (secondary N) is 1. The number of aromatic nitrogens is 1. The first-order valence-electron chi connectivity index (χ1n) is 6.08. The summed E-state index contributed by atoms with van der Waals surface area (Å²) in [6.07, 6.45) is 0. The van der Waals surface area contributed by atoms with Gasteiger partial charge < -0.3 is 5.32 Å². The summed E-state index contributed by atoms with van der Waals surface area (Å²) in [4.78, 5) is 15.7. The van der Waals surface area contributed by atoms with Crippen molar-refractivity contribution in [2.75, 3.05) is 5.32 Å². The maximum atomic E-state index is 13.2. The molecule has 110 valence electrons. The number of halogens is 1. The van der Waals surface area contributed by atoms with E-state index in [1.165, 1.54) is 18.2 Å². The van der Waals surface area contributed by atoms with Crippen LogP contribution in [0.25, 0.3) is 0 Å². The van der Waals surface area contributed by atoms with Gasteiger partial charge >= 0.3 is 10.2 Å². The number of aryl methyl sites for hydroxylation is 2. The predicted molar refractivity (Wildman–Crippen MR) is 76.4 cm³/mol. The zero-order valence-electron chi connectivity index (χ0n) is 11.4. The van der Waals surface area contributed by atoms with E-state index >= 15 is 0 Å². The minimum absolute atomic E-state index is 0.107. The molecule has 0 aliphatic carbocycles. The second-order valence-electron chi connectivity index (χ2n) is 4.47. The molecule has 1 heterocycles. The molecule has 0 saturated heterocycles. The van der Waals surface area contributed by atoms with E-state index in [4.69, 9.17) is 0 Å². The Kier molecular flexibility index (Phi) is 4.04. The second-order valence-corrected chi connectivity index (χ2v) is 5.79. The molecule has 0 aliphatic heterocycles. The number of anilines is 1. The normalized spacial score (nSPS) is 11.2. The van der Waals surface area contributed by atoms with Gasteiger partial charge in [-0.25, -0.2) is 0 Å². The molecule has 5 nitrogen and oxygen atoms in total. The lowest BCUT2D eigenvalue weighted by Crippen LogP contribution is -2.16. The third-order valence-electron chi connectivity index (χ3n) is 2.87. The first-order valence-corrected chi connectivity index (χ1v) is 7.46. The highest BCUT2D eigenvalue weighted by Crippen LogP contribution is 2.23.